The Morgan fingerprint density at radius 3 is 2.56 bits per heavy atom. The van der Waals surface area contributed by atoms with Crippen LogP contribution in [0.25, 0.3) is 0 Å². The molecule has 3 heterocycles. The van der Waals surface area contributed by atoms with Gasteiger partial charge in [0.2, 0.25) is 5.91 Å². The Kier molecular flexibility index (Phi) is 5.18. The summed E-state index contributed by atoms with van der Waals surface area (Å²) in [7, 11) is 0. The number of carbonyl (C=O) groups excluding carboxylic acids is 1. The van der Waals surface area contributed by atoms with Crippen LogP contribution in [-0.2, 0) is 11.2 Å². The predicted octanol–water partition coefficient (Wildman–Crippen LogP) is 4.07. The fourth-order valence-electron chi connectivity index (χ4n) is 4.42. The molecule has 25 heavy (non-hydrogen) atoms. The van der Waals surface area contributed by atoms with E-state index in [0.29, 0.717) is 24.4 Å². The third kappa shape index (κ3) is 4.31. The minimum Gasteiger partial charge on any atom is -0.348 e. The highest BCUT2D eigenvalue weighted by Crippen LogP contribution is 2.33. The summed E-state index contributed by atoms with van der Waals surface area (Å²) < 4.78 is 0. The van der Waals surface area contributed by atoms with Gasteiger partial charge >= 0.3 is 0 Å². The number of fused-ring (bicyclic) bond motifs is 2. The molecule has 4 rings (SSSR count). The maximum atomic E-state index is 12.7. The van der Waals surface area contributed by atoms with Crippen molar-refractivity contribution in [3.8, 4) is 0 Å². The van der Waals surface area contributed by atoms with Crippen LogP contribution in [0, 0.1) is 5.92 Å². The molecule has 2 bridgehead atoms. The average molecular weight is 355 g/mol. The molecule has 2 aliphatic rings. The third-order valence-electron chi connectivity index (χ3n) is 5.55. The number of piperidine rings is 1. The molecular weight excluding hydrogens is 328 g/mol. The van der Waals surface area contributed by atoms with Gasteiger partial charge in [-0.05, 0) is 55.0 Å². The molecule has 1 amide bonds. The molecule has 1 aromatic carbocycles. The van der Waals surface area contributed by atoms with Gasteiger partial charge in [0.1, 0.15) is 0 Å². The normalized spacial score (nSPS) is 26.3. The fraction of sp³-hybridized carbons (Fsp3) is 0.476. The first-order chi connectivity index (χ1) is 12.3. The van der Waals surface area contributed by atoms with Crippen LogP contribution in [-0.4, -0.2) is 18.0 Å². The lowest BCUT2D eigenvalue weighted by Gasteiger charge is -2.29. The number of amides is 1. The van der Waals surface area contributed by atoms with Crippen molar-refractivity contribution in [3.05, 3.63) is 58.3 Å². The minimum absolute atomic E-state index is 0.0772. The van der Waals surface area contributed by atoms with Gasteiger partial charge in [-0.1, -0.05) is 36.4 Å². The van der Waals surface area contributed by atoms with Crippen molar-refractivity contribution in [2.75, 3.05) is 0 Å². The molecule has 4 heteroatoms. The van der Waals surface area contributed by atoms with Gasteiger partial charge in [0.25, 0.3) is 0 Å². The van der Waals surface area contributed by atoms with Gasteiger partial charge in [-0.3, -0.25) is 4.79 Å². The van der Waals surface area contributed by atoms with Crippen LogP contribution in [0.2, 0.25) is 0 Å². The van der Waals surface area contributed by atoms with Gasteiger partial charge < -0.3 is 10.6 Å². The van der Waals surface area contributed by atoms with E-state index in [-0.39, 0.29) is 11.9 Å². The van der Waals surface area contributed by atoms with Crippen molar-refractivity contribution in [1.82, 2.24) is 10.6 Å². The van der Waals surface area contributed by atoms with Gasteiger partial charge in [0.15, 0.2) is 0 Å². The van der Waals surface area contributed by atoms with Crippen molar-refractivity contribution in [3.63, 3.8) is 0 Å². The Morgan fingerprint density at radius 2 is 1.88 bits per heavy atom. The number of hydrogen-bond acceptors (Lipinski definition) is 3. The molecular formula is C21H26N2OS. The van der Waals surface area contributed by atoms with E-state index in [4.69, 9.17) is 0 Å². The quantitative estimate of drug-likeness (QED) is 0.821. The first kappa shape index (κ1) is 16.8. The van der Waals surface area contributed by atoms with Crippen LogP contribution < -0.4 is 10.6 Å². The van der Waals surface area contributed by atoms with Crippen LogP contribution in [0.3, 0.4) is 0 Å². The number of carbonyl (C=O) groups is 1. The van der Waals surface area contributed by atoms with Crippen LogP contribution in [0.4, 0.5) is 0 Å². The first-order valence-corrected chi connectivity index (χ1v) is 10.3. The number of rotatable bonds is 6. The molecule has 0 saturated carbocycles. The zero-order chi connectivity index (χ0) is 17.1. The summed E-state index contributed by atoms with van der Waals surface area (Å²) in [6, 6.07) is 16.0. The summed E-state index contributed by atoms with van der Waals surface area (Å²) in [5.74, 6) is 0.750. The second-order valence-electron chi connectivity index (χ2n) is 7.50. The summed E-state index contributed by atoms with van der Waals surface area (Å²) in [6.07, 6.45) is 6.41. The van der Waals surface area contributed by atoms with Crippen LogP contribution in [0.1, 0.15) is 48.6 Å². The highest BCUT2D eigenvalue weighted by Gasteiger charge is 2.34. The first-order valence-electron chi connectivity index (χ1n) is 9.39. The van der Waals surface area contributed by atoms with Crippen LogP contribution >= 0.6 is 11.3 Å². The molecule has 2 saturated heterocycles. The van der Waals surface area contributed by atoms with Gasteiger partial charge in [0.05, 0.1) is 6.04 Å². The lowest BCUT2D eigenvalue weighted by Crippen LogP contribution is -2.40. The standard InChI is InChI=1S/C21H26N2OS/c24-21(14-16-11-17-8-9-18(12-16)22-17)23-19(20-7-4-10-25-20)13-15-5-2-1-3-6-15/h1-7,10,16-19,22H,8-9,11-14H2,(H,23,24). The summed E-state index contributed by atoms with van der Waals surface area (Å²) in [5.41, 5.74) is 1.26. The zero-order valence-electron chi connectivity index (χ0n) is 14.5. The molecule has 2 N–H and O–H groups in total. The van der Waals surface area contributed by atoms with Gasteiger partial charge in [-0.25, -0.2) is 0 Å². The Balaban J connectivity index is 1.39. The summed E-state index contributed by atoms with van der Waals surface area (Å²) in [6.45, 7) is 0. The summed E-state index contributed by atoms with van der Waals surface area (Å²) >= 11 is 1.72. The Labute approximate surface area is 153 Å². The summed E-state index contributed by atoms with van der Waals surface area (Å²) in [4.78, 5) is 14.0. The van der Waals surface area contributed by atoms with E-state index in [1.807, 2.05) is 6.07 Å². The van der Waals surface area contributed by atoms with Crippen LogP contribution in [0.5, 0.6) is 0 Å². The molecule has 132 valence electrons. The number of benzene rings is 1. The van der Waals surface area contributed by atoms with Crippen molar-refractivity contribution in [1.29, 1.82) is 0 Å². The molecule has 2 aromatic rings. The van der Waals surface area contributed by atoms with E-state index < -0.39 is 0 Å². The maximum Gasteiger partial charge on any atom is 0.220 e. The van der Waals surface area contributed by atoms with E-state index in [0.717, 1.165) is 19.3 Å². The monoisotopic (exact) mass is 354 g/mol. The Bertz CT molecular complexity index is 673. The molecule has 0 radical (unpaired) electrons. The third-order valence-corrected chi connectivity index (χ3v) is 6.54. The highest BCUT2D eigenvalue weighted by atomic mass is 32.1. The zero-order valence-corrected chi connectivity index (χ0v) is 15.3. The molecule has 3 nitrogen and oxygen atoms in total. The summed E-state index contributed by atoms with van der Waals surface area (Å²) in [5, 5.41) is 9.06. The molecule has 0 aliphatic carbocycles. The van der Waals surface area contributed by atoms with E-state index in [1.165, 1.54) is 23.3 Å². The average Bonchev–Trinajstić information content (AvgIpc) is 3.25. The molecule has 3 atom stereocenters. The molecule has 2 aliphatic heterocycles. The highest BCUT2D eigenvalue weighted by molar-refractivity contribution is 7.10. The van der Waals surface area contributed by atoms with Crippen molar-refractivity contribution < 1.29 is 4.79 Å². The predicted molar refractivity (Wildman–Crippen MR) is 103 cm³/mol. The van der Waals surface area contributed by atoms with Crippen LogP contribution in [0.15, 0.2) is 47.8 Å². The maximum absolute atomic E-state index is 12.7. The SMILES string of the molecule is O=C(CC1CC2CCC(C1)N2)NC(Cc1ccccc1)c1cccs1. The second-order valence-corrected chi connectivity index (χ2v) is 8.48. The van der Waals surface area contributed by atoms with E-state index in [2.05, 4.69) is 52.4 Å². The number of nitrogens with one attached hydrogen (secondary N) is 2. The topological polar surface area (TPSA) is 41.1 Å². The molecule has 3 unspecified atom stereocenters. The second kappa shape index (κ2) is 7.71. The lowest BCUT2D eigenvalue weighted by atomic mass is 9.89. The van der Waals surface area contributed by atoms with E-state index in [1.54, 1.807) is 11.3 Å². The Morgan fingerprint density at radius 1 is 1.12 bits per heavy atom. The fourth-order valence-corrected chi connectivity index (χ4v) is 5.20. The smallest absolute Gasteiger partial charge is 0.220 e. The van der Waals surface area contributed by atoms with E-state index in [9.17, 15) is 4.79 Å². The van der Waals surface area contributed by atoms with Crippen molar-refractivity contribution in [2.45, 2.75) is 56.7 Å². The van der Waals surface area contributed by atoms with Gasteiger partial charge in [-0.15, -0.1) is 11.3 Å². The largest absolute Gasteiger partial charge is 0.348 e. The molecule has 0 spiro atoms. The van der Waals surface area contributed by atoms with Gasteiger partial charge in [0, 0.05) is 23.4 Å². The van der Waals surface area contributed by atoms with Crippen molar-refractivity contribution in [2.24, 2.45) is 5.92 Å². The lowest BCUT2D eigenvalue weighted by molar-refractivity contribution is -0.123. The molecule has 2 fully saturated rings. The van der Waals surface area contributed by atoms with Crippen molar-refractivity contribution >= 4 is 17.2 Å². The Hall–Kier alpha value is -1.65. The molecule has 1 aromatic heterocycles. The number of thiophene rings is 1. The minimum atomic E-state index is 0.0772. The number of hydrogen-bond donors (Lipinski definition) is 2. The van der Waals surface area contributed by atoms with Gasteiger partial charge in [-0.2, -0.15) is 0 Å². The van der Waals surface area contributed by atoms with E-state index >= 15 is 0 Å².